The molecule has 0 aliphatic carbocycles. The first kappa shape index (κ1) is 13.3. The number of benzene rings is 1. The minimum absolute atomic E-state index is 0.313. The molecule has 2 N–H and O–H groups in total. The van der Waals surface area contributed by atoms with E-state index in [4.69, 9.17) is 15.2 Å². The zero-order chi connectivity index (χ0) is 13.8. The molecule has 0 atom stereocenters. The maximum absolute atomic E-state index is 5.61. The first-order valence-corrected chi connectivity index (χ1v) is 5.95. The van der Waals surface area contributed by atoms with Gasteiger partial charge in [0.15, 0.2) is 0 Å². The molecule has 0 saturated heterocycles. The molecule has 0 bridgehead atoms. The lowest BCUT2D eigenvalue weighted by Crippen LogP contribution is -2.05. The minimum Gasteiger partial charge on any atom is -0.497 e. The van der Waals surface area contributed by atoms with E-state index in [1.807, 2.05) is 31.2 Å². The normalized spacial score (nSPS) is 10.3. The number of aromatic nitrogens is 2. The van der Waals surface area contributed by atoms with Crippen LogP contribution in [0.1, 0.15) is 11.5 Å². The van der Waals surface area contributed by atoms with Crippen molar-refractivity contribution >= 4 is 0 Å². The van der Waals surface area contributed by atoms with Crippen molar-refractivity contribution in [2.24, 2.45) is 5.73 Å². The number of methoxy groups -OCH3 is 2. The molecule has 0 amide bonds. The third-order valence-corrected chi connectivity index (χ3v) is 2.77. The summed E-state index contributed by atoms with van der Waals surface area (Å²) in [6.45, 7) is 2.23. The van der Waals surface area contributed by atoms with Crippen LogP contribution in [0.2, 0.25) is 0 Å². The van der Waals surface area contributed by atoms with Crippen LogP contribution in [0.25, 0.3) is 11.3 Å². The van der Waals surface area contributed by atoms with Crippen LogP contribution < -0.4 is 15.2 Å². The average molecular weight is 259 g/mol. The molecule has 1 aromatic heterocycles. The van der Waals surface area contributed by atoms with Crippen LogP contribution in [-0.2, 0) is 6.54 Å². The molecule has 0 aliphatic heterocycles. The van der Waals surface area contributed by atoms with E-state index in [2.05, 4.69) is 9.97 Å². The van der Waals surface area contributed by atoms with Crippen LogP contribution in [-0.4, -0.2) is 24.2 Å². The lowest BCUT2D eigenvalue weighted by atomic mass is 10.1. The van der Waals surface area contributed by atoms with Gasteiger partial charge in [-0.2, -0.15) is 0 Å². The maximum atomic E-state index is 5.61. The molecule has 0 saturated carbocycles. The van der Waals surface area contributed by atoms with E-state index in [0.29, 0.717) is 18.1 Å². The Morgan fingerprint density at radius 1 is 1.11 bits per heavy atom. The van der Waals surface area contributed by atoms with Gasteiger partial charge in [0.2, 0.25) is 0 Å². The quantitative estimate of drug-likeness (QED) is 0.908. The summed E-state index contributed by atoms with van der Waals surface area (Å²) in [5.41, 5.74) is 8.17. The summed E-state index contributed by atoms with van der Waals surface area (Å²) < 4.78 is 10.6. The van der Waals surface area contributed by atoms with E-state index >= 15 is 0 Å². The molecule has 2 rings (SSSR count). The molecule has 5 heteroatoms. The van der Waals surface area contributed by atoms with Gasteiger partial charge in [-0.25, -0.2) is 9.97 Å². The standard InChI is InChI=1S/C14H17N3O2/c1-9-6-12(17-14(8-15)16-9)11-5-4-10(18-2)7-13(11)19-3/h4-7H,8,15H2,1-3H3. The van der Waals surface area contributed by atoms with Gasteiger partial charge >= 0.3 is 0 Å². The highest BCUT2D eigenvalue weighted by Gasteiger charge is 2.10. The van der Waals surface area contributed by atoms with Gasteiger partial charge in [-0.1, -0.05) is 0 Å². The first-order chi connectivity index (χ1) is 9.17. The van der Waals surface area contributed by atoms with E-state index < -0.39 is 0 Å². The number of aryl methyl sites for hydroxylation is 1. The molecule has 0 spiro atoms. The molecule has 0 fully saturated rings. The van der Waals surface area contributed by atoms with Gasteiger partial charge in [-0.15, -0.1) is 0 Å². The van der Waals surface area contributed by atoms with Crippen molar-refractivity contribution in [3.8, 4) is 22.8 Å². The summed E-state index contributed by atoms with van der Waals surface area (Å²) in [7, 11) is 3.24. The number of hydrogen-bond donors (Lipinski definition) is 1. The Kier molecular flexibility index (Phi) is 3.97. The Bertz CT molecular complexity index is 585. The highest BCUT2D eigenvalue weighted by Crippen LogP contribution is 2.32. The summed E-state index contributed by atoms with van der Waals surface area (Å²) in [5.74, 6) is 2.07. The summed E-state index contributed by atoms with van der Waals surface area (Å²) in [5, 5.41) is 0. The van der Waals surface area contributed by atoms with Crippen LogP contribution in [0.4, 0.5) is 0 Å². The van der Waals surface area contributed by atoms with Gasteiger partial charge in [0.05, 0.1) is 26.5 Å². The largest absolute Gasteiger partial charge is 0.497 e. The van der Waals surface area contributed by atoms with Crippen LogP contribution >= 0.6 is 0 Å². The van der Waals surface area contributed by atoms with Crippen molar-refractivity contribution in [2.45, 2.75) is 13.5 Å². The number of nitrogens with two attached hydrogens (primary N) is 1. The van der Waals surface area contributed by atoms with Crippen LogP contribution in [0.3, 0.4) is 0 Å². The fourth-order valence-corrected chi connectivity index (χ4v) is 1.87. The van der Waals surface area contributed by atoms with E-state index in [1.165, 1.54) is 0 Å². The van der Waals surface area contributed by atoms with Gasteiger partial charge < -0.3 is 15.2 Å². The molecule has 100 valence electrons. The molecule has 19 heavy (non-hydrogen) atoms. The highest BCUT2D eigenvalue weighted by molar-refractivity contribution is 5.68. The SMILES string of the molecule is COc1ccc(-c2cc(C)nc(CN)n2)c(OC)c1. The predicted octanol–water partition coefficient (Wildman–Crippen LogP) is 1.93. The van der Waals surface area contributed by atoms with Gasteiger partial charge in [0.25, 0.3) is 0 Å². The molecule has 1 heterocycles. The number of hydrogen-bond acceptors (Lipinski definition) is 5. The lowest BCUT2D eigenvalue weighted by Gasteiger charge is -2.11. The lowest BCUT2D eigenvalue weighted by molar-refractivity contribution is 0.395. The molecule has 5 nitrogen and oxygen atoms in total. The van der Waals surface area contributed by atoms with Crippen LogP contribution in [0.5, 0.6) is 11.5 Å². The van der Waals surface area contributed by atoms with Crippen molar-refractivity contribution in [1.29, 1.82) is 0 Å². The Labute approximate surface area is 112 Å². The van der Waals surface area contributed by atoms with E-state index in [-0.39, 0.29) is 0 Å². The molecular weight excluding hydrogens is 242 g/mol. The second-order valence-corrected chi connectivity index (χ2v) is 4.08. The fourth-order valence-electron chi connectivity index (χ4n) is 1.87. The highest BCUT2D eigenvalue weighted by atomic mass is 16.5. The third kappa shape index (κ3) is 2.82. The van der Waals surface area contributed by atoms with Gasteiger partial charge in [0.1, 0.15) is 17.3 Å². The zero-order valence-corrected chi connectivity index (χ0v) is 11.3. The average Bonchev–Trinajstić information content (AvgIpc) is 2.45. The monoisotopic (exact) mass is 259 g/mol. The zero-order valence-electron chi connectivity index (χ0n) is 11.3. The van der Waals surface area contributed by atoms with Crippen molar-refractivity contribution in [2.75, 3.05) is 14.2 Å². The first-order valence-electron chi connectivity index (χ1n) is 5.95. The fraction of sp³-hybridized carbons (Fsp3) is 0.286. The van der Waals surface area contributed by atoms with Gasteiger partial charge in [0, 0.05) is 17.3 Å². The van der Waals surface area contributed by atoms with E-state index in [1.54, 1.807) is 14.2 Å². The van der Waals surface area contributed by atoms with Crippen LogP contribution in [0, 0.1) is 6.92 Å². The van der Waals surface area contributed by atoms with Gasteiger partial charge in [-0.05, 0) is 25.1 Å². The Hall–Kier alpha value is -2.14. The Morgan fingerprint density at radius 3 is 2.53 bits per heavy atom. The smallest absolute Gasteiger partial charge is 0.142 e. The van der Waals surface area contributed by atoms with Crippen molar-refractivity contribution in [3.63, 3.8) is 0 Å². The Balaban J connectivity index is 2.54. The molecular formula is C14H17N3O2. The van der Waals surface area contributed by atoms with Crippen LogP contribution in [0.15, 0.2) is 24.3 Å². The molecule has 2 aromatic rings. The molecule has 0 aliphatic rings. The maximum Gasteiger partial charge on any atom is 0.142 e. The summed E-state index contributed by atoms with van der Waals surface area (Å²) in [6, 6.07) is 7.52. The number of nitrogens with zero attached hydrogens (tertiary/aromatic N) is 2. The second kappa shape index (κ2) is 5.67. The third-order valence-electron chi connectivity index (χ3n) is 2.77. The number of ether oxygens (including phenoxy) is 2. The molecule has 0 radical (unpaired) electrons. The topological polar surface area (TPSA) is 70.3 Å². The molecule has 0 unspecified atom stereocenters. The Morgan fingerprint density at radius 2 is 1.89 bits per heavy atom. The van der Waals surface area contributed by atoms with E-state index in [0.717, 1.165) is 22.7 Å². The van der Waals surface area contributed by atoms with E-state index in [9.17, 15) is 0 Å². The summed E-state index contributed by atoms with van der Waals surface area (Å²) in [4.78, 5) is 8.69. The molecule has 1 aromatic carbocycles. The van der Waals surface area contributed by atoms with Gasteiger partial charge in [-0.3, -0.25) is 0 Å². The van der Waals surface area contributed by atoms with Crippen molar-refractivity contribution in [3.05, 3.63) is 35.8 Å². The van der Waals surface area contributed by atoms with Crippen molar-refractivity contribution in [1.82, 2.24) is 9.97 Å². The summed E-state index contributed by atoms with van der Waals surface area (Å²) >= 11 is 0. The second-order valence-electron chi connectivity index (χ2n) is 4.08. The van der Waals surface area contributed by atoms with Crippen molar-refractivity contribution < 1.29 is 9.47 Å². The number of rotatable bonds is 4. The minimum atomic E-state index is 0.313. The predicted molar refractivity (Wildman–Crippen MR) is 73.2 cm³/mol. The summed E-state index contributed by atoms with van der Waals surface area (Å²) in [6.07, 6.45) is 0.